The number of primary amides is 1. The molecule has 0 saturated heterocycles. The van der Waals surface area contributed by atoms with Gasteiger partial charge in [0.05, 0.1) is 5.75 Å². The number of rotatable bonds is 5. The molecule has 1 aromatic heterocycles. The maximum absolute atomic E-state index is 10.5. The summed E-state index contributed by atoms with van der Waals surface area (Å²) in [5, 5.41) is 19.0. The highest BCUT2D eigenvalue weighted by Crippen LogP contribution is 2.12. The van der Waals surface area contributed by atoms with E-state index in [1.54, 1.807) is 0 Å². The van der Waals surface area contributed by atoms with Crippen molar-refractivity contribution in [3.05, 3.63) is 0 Å². The zero-order valence-corrected chi connectivity index (χ0v) is 7.77. The summed E-state index contributed by atoms with van der Waals surface area (Å²) in [6, 6.07) is 0. The Bertz CT molecular complexity index is 351. The average Bonchev–Trinajstić information content (AvgIpc) is 2.47. The van der Waals surface area contributed by atoms with E-state index in [2.05, 4.69) is 15.5 Å². The molecule has 0 aromatic carbocycles. The van der Waals surface area contributed by atoms with Crippen molar-refractivity contribution in [2.24, 2.45) is 5.73 Å². The second-order valence-electron chi connectivity index (χ2n) is 2.27. The van der Waals surface area contributed by atoms with Crippen LogP contribution in [0.4, 0.5) is 0 Å². The van der Waals surface area contributed by atoms with Crippen LogP contribution in [0, 0.1) is 0 Å². The molecule has 76 valence electrons. The highest BCUT2D eigenvalue weighted by atomic mass is 32.2. The number of carboxylic acids is 1. The van der Waals surface area contributed by atoms with Crippen LogP contribution in [0.25, 0.3) is 0 Å². The molecule has 0 aliphatic carbocycles. The summed E-state index contributed by atoms with van der Waals surface area (Å²) in [6.45, 7) is -0.158. The van der Waals surface area contributed by atoms with E-state index in [9.17, 15) is 9.59 Å². The van der Waals surface area contributed by atoms with E-state index in [1.807, 2.05) is 0 Å². The number of nitrogens with two attached hydrogens (primary N) is 1. The molecule has 0 aliphatic rings. The van der Waals surface area contributed by atoms with Gasteiger partial charge in [-0.2, -0.15) is 0 Å². The number of thioether (sulfide) groups is 1. The highest BCUT2D eigenvalue weighted by molar-refractivity contribution is 7.99. The van der Waals surface area contributed by atoms with Crippen LogP contribution < -0.4 is 5.73 Å². The third kappa shape index (κ3) is 3.01. The number of carboxylic acid groups (broad SMARTS) is 1. The molecule has 14 heavy (non-hydrogen) atoms. The maximum atomic E-state index is 10.5. The summed E-state index contributed by atoms with van der Waals surface area (Å²) in [5.74, 6) is -1.74. The van der Waals surface area contributed by atoms with Crippen molar-refractivity contribution in [1.29, 1.82) is 0 Å². The number of nitrogens with zero attached hydrogens (tertiary/aromatic N) is 4. The van der Waals surface area contributed by atoms with Crippen molar-refractivity contribution in [2.45, 2.75) is 11.7 Å². The van der Waals surface area contributed by atoms with Crippen LogP contribution in [0.15, 0.2) is 5.16 Å². The molecule has 1 amide bonds. The van der Waals surface area contributed by atoms with Crippen molar-refractivity contribution in [2.75, 3.05) is 5.75 Å². The molecule has 0 spiro atoms. The van der Waals surface area contributed by atoms with E-state index in [1.165, 1.54) is 0 Å². The number of hydrogen-bond donors (Lipinski definition) is 2. The van der Waals surface area contributed by atoms with Gasteiger partial charge in [-0.25, -0.2) is 4.68 Å². The molecule has 0 fully saturated rings. The van der Waals surface area contributed by atoms with Crippen molar-refractivity contribution in [1.82, 2.24) is 20.2 Å². The van der Waals surface area contributed by atoms with Crippen molar-refractivity contribution < 1.29 is 14.7 Å². The maximum Gasteiger partial charge on any atom is 0.313 e. The Morgan fingerprint density at radius 2 is 2.29 bits per heavy atom. The standard InChI is InChI=1S/C5H7N5O3S/c6-3(11)1-10-5(7-8-9-10)14-2-4(12)13/h1-2H2,(H2,6,11)(H,12,13). The second kappa shape index (κ2) is 4.56. The molecule has 1 aromatic rings. The quantitative estimate of drug-likeness (QED) is 0.565. The number of amides is 1. The van der Waals surface area contributed by atoms with Crippen LogP contribution in [-0.2, 0) is 16.1 Å². The van der Waals surface area contributed by atoms with Crippen LogP contribution in [0.5, 0.6) is 0 Å². The number of aromatic nitrogens is 4. The van der Waals surface area contributed by atoms with Gasteiger partial charge in [-0.3, -0.25) is 9.59 Å². The summed E-state index contributed by atoms with van der Waals surface area (Å²) in [6.07, 6.45) is 0. The van der Waals surface area contributed by atoms with Gasteiger partial charge >= 0.3 is 5.97 Å². The Hall–Kier alpha value is -1.64. The van der Waals surface area contributed by atoms with Gasteiger partial charge in [-0.05, 0) is 10.4 Å². The average molecular weight is 217 g/mol. The molecule has 9 heteroatoms. The molecule has 0 aliphatic heterocycles. The molecule has 3 N–H and O–H groups in total. The third-order valence-electron chi connectivity index (χ3n) is 1.13. The number of hydrogen-bond acceptors (Lipinski definition) is 6. The monoisotopic (exact) mass is 217 g/mol. The molecular weight excluding hydrogens is 210 g/mol. The van der Waals surface area contributed by atoms with Gasteiger partial charge in [-0.15, -0.1) is 5.10 Å². The Labute approximate surface area is 82.5 Å². The first-order chi connectivity index (χ1) is 6.59. The fourth-order valence-corrected chi connectivity index (χ4v) is 1.27. The van der Waals surface area contributed by atoms with Crippen LogP contribution in [0.2, 0.25) is 0 Å². The third-order valence-corrected chi connectivity index (χ3v) is 2.07. The predicted octanol–water partition coefficient (Wildman–Crippen LogP) is -1.66. The summed E-state index contributed by atoms with van der Waals surface area (Å²) in [5.41, 5.74) is 4.93. The van der Waals surface area contributed by atoms with E-state index in [0.29, 0.717) is 0 Å². The lowest BCUT2D eigenvalue weighted by molar-refractivity contribution is -0.133. The SMILES string of the molecule is NC(=O)Cn1nnnc1SCC(=O)O. The van der Waals surface area contributed by atoms with E-state index in [0.717, 1.165) is 16.4 Å². The lowest BCUT2D eigenvalue weighted by atomic mass is 10.6. The minimum atomic E-state index is -0.983. The lowest BCUT2D eigenvalue weighted by Crippen LogP contribution is -2.20. The van der Waals surface area contributed by atoms with Gasteiger partial charge in [0, 0.05) is 0 Å². The first-order valence-electron chi connectivity index (χ1n) is 3.48. The molecule has 1 rings (SSSR count). The number of aliphatic carboxylic acids is 1. The van der Waals surface area contributed by atoms with E-state index in [4.69, 9.17) is 10.8 Å². The molecule has 0 saturated carbocycles. The summed E-state index contributed by atoms with van der Waals surface area (Å²) >= 11 is 0.923. The molecular formula is C5H7N5O3S. The van der Waals surface area contributed by atoms with Crippen molar-refractivity contribution >= 4 is 23.6 Å². The molecule has 0 radical (unpaired) electrons. The fraction of sp³-hybridized carbons (Fsp3) is 0.400. The minimum Gasteiger partial charge on any atom is -0.481 e. The van der Waals surface area contributed by atoms with Crippen LogP contribution >= 0.6 is 11.8 Å². The largest absolute Gasteiger partial charge is 0.481 e. The summed E-state index contributed by atoms with van der Waals surface area (Å²) in [7, 11) is 0. The molecule has 0 bridgehead atoms. The molecule has 0 unspecified atom stereocenters. The molecule has 8 nitrogen and oxygen atoms in total. The predicted molar refractivity (Wildman–Crippen MR) is 45.4 cm³/mol. The van der Waals surface area contributed by atoms with Gasteiger partial charge in [0.15, 0.2) is 0 Å². The van der Waals surface area contributed by atoms with E-state index in [-0.39, 0.29) is 17.5 Å². The smallest absolute Gasteiger partial charge is 0.313 e. The fourth-order valence-electron chi connectivity index (χ4n) is 0.673. The van der Waals surface area contributed by atoms with Crippen LogP contribution in [0.3, 0.4) is 0 Å². The minimum absolute atomic E-state index is 0.158. The van der Waals surface area contributed by atoms with Gasteiger partial charge < -0.3 is 10.8 Å². The Morgan fingerprint density at radius 3 is 2.86 bits per heavy atom. The van der Waals surface area contributed by atoms with Gasteiger partial charge in [0.1, 0.15) is 6.54 Å². The summed E-state index contributed by atoms with van der Waals surface area (Å²) < 4.78 is 1.15. The zero-order chi connectivity index (χ0) is 10.6. The summed E-state index contributed by atoms with van der Waals surface area (Å²) in [4.78, 5) is 20.8. The first kappa shape index (κ1) is 10.4. The van der Waals surface area contributed by atoms with Gasteiger partial charge in [0.2, 0.25) is 11.1 Å². The highest BCUT2D eigenvalue weighted by Gasteiger charge is 2.10. The molecule has 0 atom stereocenters. The molecule has 1 heterocycles. The Morgan fingerprint density at radius 1 is 1.57 bits per heavy atom. The van der Waals surface area contributed by atoms with Crippen molar-refractivity contribution in [3.8, 4) is 0 Å². The van der Waals surface area contributed by atoms with E-state index < -0.39 is 11.9 Å². The number of tetrazole rings is 1. The number of carbonyl (C=O) groups excluding carboxylic acids is 1. The van der Waals surface area contributed by atoms with Crippen LogP contribution in [0.1, 0.15) is 0 Å². The van der Waals surface area contributed by atoms with Crippen molar-refractivity contribution in [3.63, 3.8) is 0 Å². The van der Waals surface area contributed by atoms with Gasteiger partial charge in [-0.1, -0.05) is 11.8 Å². The lowest BCUT2D eigenvalue weighted by Gasteiger charge is -1.98. The normalized spacial score (nSPS) is 10.0. The van der Waals surface area contributed by atoms with E-state index >= 15 is 0 Å². The van der Waals surface area contributed by atoms with Gasteiger partial charge in [0.25, 0.3) is 0 Å². The Kier molecular flexibility index (Phi) is 3.40. The van der Waals surface area contributed by atoms with Crippen LogP contribution in [-0.4, -0.2) is 42.9 Å². The Balaban J connectivity index is 2.62. The number of carbonyl (C=O) groups is 2. The zero-order valence-electron chi connectivity index (χ0n) is 6.95. The second-order valence-corrected chi connectivity index (χ2v) is 3.21. The first-order valence-corrected chi connectivity index (χ1v) is 4.47. The topological polar surface area (TPSA) is 124 Å².